The van der Waals surface area contributed by atoms with Crippen molar-refractivity contribution in [1.29, 1.82) is 0 Å². The molecule has 2 aliphatic heterocycles. The van der Waals surface area contributed by atoms with Crippen LogP contribution in [0.1, 0.15) is 26.7 Å². The molecule has 2 heterocycles. The summed E-state index contributed by atoms with van der Waals surface area (Å²) in [7, 11) is -3.04. The van der Waals surface area contributed by atoms with Crippen molar-refractivity contribution in [3.63, 3.8) is 0 Å². The molecule has 2 saturated heterocycles. The highest BCUT2D eigenvalue weighted by atomic mass is 32.2. The molecule has 0 aromatic carbocycles. The fourth-order valence-corrected chi connectivity index (χ4v) is 3.88. The molecule has 2 fully saturated rings. The lowest BCUT2D eigenvalue weighted by molar-refractivity contribution is 0.0813. The average molecular weight is 232 g/mol. The van der Waals surface area contributed by atoms with Gasteiger partial charge in [0.05, 0.1) is 5.25 Å². The zero-order chi connectivity index (χ0) is 11.1. The van der Waals surface area contributed by atoms with E-state index in [-0.39, 0.29) is 10.7 Å². The van der Waals surface area contributed by atoms with Crippen molar-refractivity contribution in [3.05, 3.63) is 0 Å². The van der Waals surface area contributed by atoms with E-state index in [1.54, 1.807) is 18.2 Å². The molecule has 2 aliphatic rings. The molecule has 0 aliphatic carbocycles. The van der Waals surface area contributed by atoms with Gasteiger partial charge in [-0.05, 0) is 26.7 Å². The van der Waals surface area contributed by atoms with Crippen LogP contribution in [0.15, 0.2) is 0 Å². The quantitative estimate of drug-likeness (QED) is 0.750. The Morgan fingerprint density at radius 3 is 2.47 bits per heavy atom. The fourth-order valence-electron chi connectivity index (χ4n) is 2.45. The largest absolute Gasteiger partial charge is 0.315 e. The number of sulfonamides is 1. The van der Waals surface area contributed by atoms with Gasteiger partial charge in [-0.1, -0.05) is 0 Å². The Morgan fingerprint density at radius 1 is 1.33 bits per heavy atom. The summed E-state index contributed by atoms with van der Waals surface area (Å²) >= 11 is 0. The van der Waals surface area contributed by atoms with E-state index in [4.69, 9.17) is 0 Å². The van der Waals surface area contributed by atoms with Gasteiger partial charge in [0, 0.05) is 31.6 Å². The van der Waals surface area contributed by atoms with Crippen LogP contribution in [-0.2, 0) is 10.0 Å². The number of piperidine rings is 1. The molecule has 0 unspecified atom stereocenters. The van der Waals surface area contributed by atoms with Gasteiger partial charge in [-0.25, -0.2) is 12.7 Å². The van der Waals surface area contributed by atoms with E-state index in [0.29, 0.717) is 6.54 Å². The lowest BCUT2D eigenvalue weighted by atomic mass is 9.76. The van der Waals surface area contributed by atoms with E-state index in [0.717, 1.165) is 26.1 Å². The summed E-state index contributed by atoms with van der Waals surface area (Å²) in [6, 6.07) is 0. The second-order valence-corrected chi connectivity index (χ2v) is 7.62. The van der Waals surface area contributed by atoms with Crippen molar-refractivity contribution in [2.24, 2.45) is 5.41 Å². The maximum atomic E-state index is 12.0. The zero-order valence-corrected chi connectivity index (χ0v) is 10.3. The minimum Gasteiger partial charge on any atom is -0.315 e. The minimum absolute atomic E-state index is 0.250. The molecule has 0 aromatic heterocycles. The maximum absolute atomic E-state index is 12.0. The first-order valence-corrected chi connectivity index (χ1v) is 7.16. The van der Waals surface area contributed by atoms with Crippen LogP contribution in [0, 0.1) is 5.41 Å². The Balaban J connectivity index is 2.11. The van der Waals surface area contributed by atoms with Crippen LogP contribution in [0.4, 0.5) is 0 Å². The van der Waals surface area contributed by atoms with Crippen LogP contribution < -0.4 is 5.32 Å². The van der Waals surface area contributed by atoms with Gasteiger partial charge in [0.1, 0.15) is 0 Å². The summed E-state index contributed by atoms with van der Waals surface area (Å²) in [4.78, 5) is 0. The number of nitrogens with one attached hydrogen (secondary N) is 1. The molecule has 88 valence electrons. The molecule has 5 heteroatoms. The van der Waals surface area contributed by atoms with Gasteiger partial charge in [-0.2, -0.15) is 0 Å². The van der Waals surface area contributed by atoms with Crippen LogP contribution in [0.3, 0.4) is 0 Å². The van der Waals surface area contributed by atoms with Gasteiger partial charge < -0.3 is 5.32 Å². The number of hydrogen-bond donors (Lipinski definition) is 1. The highest BCUT2D eigenvalue weighted by Gasteiger charge is 2.43. The molecule has 4 nitrogen and oxygen atoms in total. The molecule has 15 heavy (non-hydrogen) atoms. The second-order valence-electron chi connectivity index (χ2n) is 5.13. The first kappa shape index (κ1) is 11.4. The highest BCUT2D eigenvalue weighted by molar-refractivity contribution is 7.89. The van der Waals surface area contributed by atoms with Crippen LogP contribution in [-0.4, -0.2) is 44.2 Å². The molecular formula is C10H20N2O2S. The normalized spacial score (nSPS) is 26.9. The smallest absolute Gasteiger partial charge is 0.216 e. The Hall–Kier alpha value is -0.130. The second kappa shape index (κ2) is 3.71. The highest BCUT2D eigenvalue weighted by Crippen LogP contribution is 2.35. The fraction of sp³-hybridized carbons (Fsp3) is 1.00. The topological polar surface area (TPSA) is 49.4 Å². The van der Waals surface area contributed by atoms with Crippen molar-refractivity contribution in [2.45, 2.75) is 31.9 Å². The maximum Gasteiger partial charge on any atom is 0.216 e. The molecule has 1 N–H and O–H groups in total. The summed E-state index contributed by atoms with van der Waals surface area (Å²) in [6.45, 7) is 6.92. The SMILES string of the molecule is CC(C)S(=O)(=O)N1CCCC2(CNC2)C1. The molecule has 0 bridgehead atoms. The molecule has 0 saturated carbocycles. The van der Waals surface area contributed by atoms with Gasteiger partial charge in [-0.15, -0.1) is 0 Å². The number of hydrogen-bond acceptors (Lipinski definition) is 3. The Labute approximate surface area is 92.1 Å². The monoisotopic (exact) mass is 232 g/mol. The summed E-state index contributed by atoms with van der Waals surface area (Å²) in [5.74, 6) is 0. The lowest BCUT2D eigenvalue weighted by Crippen LogP contribution is -2.62. The minimum atomic E-state index is -3.04. The van der Waals surface area contributed by atoms with E-state index < -0.39 is 10.0 Å². The molecule has 0 amide bonds. The first-order chi connectivity index (χ1) is 6.96. The van der Waals surface area contributed by atoms with Gasteiger partial charge in [0.25, 0.3) is 0 Å². The van der Waals surface area contributed by atoms with Gasteiger partial charge >= 0.3 is 0 Å². The van der Waals surface area contributed by atoms with E-state index in [1.807, 2.05) is 0 Å². The van der Waals surface area contributed by atoms with E-state index >= 15 is 0 Å². The summed E-state index contributed by atoms with van der Waals surface area (Å²) < 4.78 is 25.7. The van der Waals surface area contributed by atoms with Crippen LogP contribution >= 0.6 is 0 Å². The van der Waals surface area contributed by atoms with Crippen molar-refractivity contribution in [1.82, 2.24) is 9.62 Å². The molecule has 1 spiro atoms. The average Bonchev–Trinajstić information content (AvgIpc) is 2.15. The third kappa shape index (κ3) is 1.92. The summed E-state index contributed by atoms with van der Waals surface area (Å²) in [6.07, 6.45) is 2.18. The number of nitrogens with zero attached hydrogens (tertiary/aromatic N) is 1. The first-order valence-electron chi connectivity index (χ1n) is 5.66. The third-order valence-corrected chi connectivity index (χ3v) is 5.80. The molecule has 2 rings (SSSR count). The zero-order valence-electron chi connectivity index (χ0n) is 9.49. The number of rotatable bonds is 2. The van der Waals surface area contributed by atoms with Crippen molar-refractivity contribution in [3.8, 4) is 0 Å². The van der Waals surface area contributed by atoms with Crippen molar-refractivity contribution >= 4 is 10.0 Å². The van der Waals surface area contributed by atoms with Gasteiger partial charge in [0.2, 0.25) is 10.0 Å². The van der Waals surface area contributed by atoms with Crippen LogP contribution in [0.25, 0.3) is 0 Å². The van der Waals surface area contributed by atoms with Crippen LogP contribution in [0.2, 0.25) is 0 Å². The Morgan fingerprint density at radius 2 is 2.00 bits per heavy atom. The standard InChI is InChI=1S/C10H20N2O2S/c1-9(2)15(13,14)12-5-3-4-10(8-12)6-11-7-10/h9,11H,3-8H2,1-2H3. The predicted molar refractivity (Wildman–Crippen MR) is 60.2 cm³/mol. The summed E-state index contributed by atoms with van der Waals surface area (Å²) in [5, 5.41) is 2.96. The Kier molecular flexibility index (Phi) is 2.81. The van der Waals surface area contributed by atoms with Crippen LogP contribution in [0.5, 0.6) is 0 Å². The van der Waals surface area contributed by atoms with E-state index in [2.05, 4.69) is 5.32 Å². The summed E-state index contributed by atoms with van der Waals surface area (Å²) in [5.41, 5.74) is 0.250. The van der Waals surface area contributed by atoms with E-state index in [9.17, 15) is 8.42 Å². The Bertz CT molecular complexity index is 333. The molecule has 0 atom stereocenters. The van der Waals surface area contributed by atoms with Crippen molar-refractivity contribution < 1.29 is 8.42 Å². The third-order valence-electron chi connectivity index (χ3n) is 3.58. The predicted octanol–water partition coefficient (Wildman–Crippen LogP) is 0.410. The molecule has 0 aromatic rings. The molecular weight excluding hydrogens is 212 g/mol. The van der Waals surface area contributed by atoms with Crippen molar-refractivity contribution in [2.75, 3.05) is 26.2 Å². The van der Waals surface area contributed by atoms with E-state index in [1.165, 1.54) is 6.42 Å². The molecule has 0 radical (unpaired) electrons. The van der Waals surface area contributed by atoms with Gasteiger partial charge in [0.15, 0.2) is 0 Å². The lowest BCUT2D eigenvalue weighted by Gasteiger charge is -2.49. The van der Waals surface area contributed by atoms with Gasteiger partial charge in [-0.3, -0.25) is 0 Å².